The summed E-state index contributed by atoms with van der Waals surface area (Å²) in [5, 5.41) is 0. The van der Waals surface area contributed by atoms with Crippen molar-refractivity contribution in [1.82, 2.24) is 4.90 Å². The molecular formula is C7H16N2O. The van der Waals surface area contributed by atoms with E-state index in [1.165, 1.54) is 0 Å². The molecule has 1 atom stereocenters. The van der Waals surface area contributed by atoms with Gasteiger partial charge in [0.05, 0.1) is 6.10 Å². The first-order valence-electron chi connectivity index (χ1n) is 3.73. The largest absolute Gasteiger partial charge is 0.379 e. The lowest BCUT2D eigenvalue weighted by Crippen LogP contribution is -2.54. The van der Waals surface area contributed by atoms with Crippen molar-refractivity contribution in [2.24, 2.45) is 5.73 Å². The molecule has 1 aliphatic heterocycles. The van der Waals surface area contributed by atoms with Crippen LogP contribution < -0.4 is 5.73 Å². The molecule has 1 heterocycles. The molecule has 0 saturated carbocycles. The van der Waals surface area contributed by atoms with Crippen molar-refractivity contribution in [2.75, 3.05) is 26.7 Å². The third kappa shape index (κ3) is 1.94. The molecule has 0 bridgehead atoms. The fourth-order valence-electron chi connectivity index (χ4n) is 1.23. The van der Waals surface area contributed by atoms with E-state index >= 15 is 0 Å². The maximum atomic E-state index is 5.61. The summed E-state index contributed by atoms with van der Waals surface area (Å²) in [5.41, 5.74) is 5.61. The molecule has 0 aromatic carbocycles. The topological polar surface area (TPSA) is 38.5 Å². The van der Waals surface area contributed by atoms with Gasteiger partial charge in [0.2, 0.25) is 0 Å². The van der Waals surface area contributed by atoms with Crippen LogP contribution in [0.2, 0.25) is 0 Å². The fraction of sp³-hybridized carbons (Fsp3) is 1.00. The zero-order valence-corrected chi connectivity index (χ0v) is 6.71. The molecule has 1 fully saturated rings. The van der Waals surface area contributed by atoms with Crippen molar-refractivity contribution in [1.29, 1.82) is 0 Å². The van der Waals surface area contributed by atoms with E-state index in [4.69, 9.17) is 10.5 Å². The number of nitrogens with two attached hydrogens (primary N) is 1. The van der Waals surface area contributed by atoms with E-state index in [9.17, 15) is 0 Å². The van der Waals surface area contributed by atoms with Gasteiger partial charge in [0.25, 0.3) is 0 Å². The van der Waals surface area contributed by atoms with E-state index in [0.717, 1.165) is 19.6 Å². The Hall–Kier alpha value is -0.120. The van der Waals surface area contributed by atoms with E-state index in [0.29, 0.717) is 6.10 Å². The van der Waals surface area contributed by atoms with Crippen LogP contribution >= 0.6 is 0 Å². The third-order valence-corrected chi connectivity index (χ3v) is 1.80. The summed E-state index contributed by atoms with van der Waals surface area (Å²) in [7, 11) is 1.76. The molecule has 3 heteroatoms. The lowest BCUT2D eigenvalue weighted by molar-refractivity contribution is -0.0307. The van der Waals surface area contributed by atoms with Crippen LogP contribution in [0.25, 0.3) is 0 Å². The number of hydrogen-bond donors (Lipinski definition) is 1. The second-order valence-corrected chi connectivity index (χ2v) is 3.05. The Morgan fingerprint density at radius 1 is 1.70 bits per heavy atom. The lowest BCUT2D eigenvalue weighted by atomic mass is 10.1. The Bertz CT molecular complexity index is 99.8. The standard InChI is InChI=1S/C7H16N2O/c1-6(8)3-9-4-7(5-9)10-2/h6-7H,3-5,8H2,1-2H3/t6-/m1/s1. The summed E-state index contributed by atoms with van der Waals surface area (Å²) in [5.74, 6) is 0. The van der Waals surface area contributed by atoms with Crippen molar-refractivity contribution in [3.63, 3.8) is 0 Å². The van der Waals surface area contributed by atoms with Gasteiger partial charge in [0, 0.05) is 32.8 Å². The predicted octanol–water partition coefficient (Wildman–Crippen LogP) is -0.336. The van der Waals surface area contributed by atoms with Crippen molar-refractivity contribution < 1.29 is 4.74 Å². The summed E-state index contributed by atoms with van der Waals surface area (Å²) in [6.45, 7) is 5.13. The molecule has 1 rings (SSSR count). The predicted molar refractivity (Wildman–Crippen MR) is 40.9 cm³/mol. The fourth-order valence-corrected chi connectivity index (χ4v) is 1.23. The molecule has 0 radical (unpaired) electrons. The zero-order valence-electron chi connectivity index (χ0n) is 6.71. The third-order valence-electron chi connectivity index (χ3n) is 1.80. The van der Waals surface area contributed by atoms with Crippen molar-refractivity contribution >= 4 is 0 Å². The van der Waals surface area contributed by atoms with Gasteiger partial charge < -0.3 is 10.5 Å². The Morgan fingerprint density at radius 2 is 2.30 bits per heavy atom. The molecular weight excluding hydrogens is 128 g/mol. The summed E-state index contributed by atoms with van der Waals surface area (Å²) in [6.07, 6.45) is 0.457. The Labute approximate surface area is 62.1 Å². The second-order valence-electron chi connectivity index (χ2n) is 3.05. The van der Waals surface area contributed by atoms with E-state index in [1.54, 1.807) is 7.11 Å². The van der Waals surface area contributed by atoms with Crippen LogP contribution in [0, 0.1) is 0 Å². The number of hydrogen-bond acceptors (Lipinski definition) is 3. The lowest BCUT2D eigenvalue weighted by Gasteiger charge is -2.38. The smallest absolute Gasteiger partial charge is 0.0824 e. The highest BCUT2D eigenvalue weighted by molar-refractivity contribution is 4.81. The van der Waals surface area contributed by atoms with E-state index < -0.39 is 0 Å². The van der Waals surface area contributed by atoms with Gasteiger partial charge >= 0.3 is 0 Å². The van der Waals surface area contributed by atoms with Gasteiger partial charge in [-0.05, 0) is 6.92 Å². The Balaban J connectivity index is 2.03. The van der Waals surface area contributed by atoms with Gasteiger partial charge in [-0.25, -0.2) is 0 Å². The molecule has 0 amide bonds. The molecule has 3 nitrogen and oxygen atoms in total. The van der Waals surface area contributed by atoms with Gasteiger partial charge in [-0.15, -0.1) is 0 Å². The van der Waals surface area contributed by atoms with Gasteiger partial charge in [-0.3, -0.25) is 4.90 Å². The van der Waals surface area contributed by atoms with Gasteiger partial charge in [-0.1, -0.05) is 0 Å². The Kier molecular flexibility index (Phi) is 2.65. The molecule has 60 valence electrons. The molecule has 2 N–H and O–H groups in total. The highest BCUT2D eigenvalue weighted by atomic mass is 16.5. The number of methoxy groups -OCH3 is 1. The molecule has 0 aliphatic carbocycles. The molecule has 0 aromatic heterocycles. The summed E-state index contributed by atoms with van der Waals surface area (Å²) in [6, 6.07) is 0.290. The minimum absolute atomic E-state index is 0.290. The normalized spacial score (nSPS) is 24.3. The number of ether oxygens (including phenoxy) is 1. The minimum Gasteiger partial charge on any atom is -0.379 e. The van der Waals surface area contributed by atoms with Crippen LogP contribution in [-0.2, 0) is 4.74 Å². The molecule has 0 unspecified atom stereocenters. The maximum absolute atomic E-state index is 5.61. The minimum atomic E-state index is 0.290. The first-order valence-corrected chi connectivity index (χ1v) is 3.73. The van der Waals surface area contributed by atoms with Crippen molar-refractivity contribution in [3.05, 3.63) is 0 Å². The number of likely N-dealkylation sites (tertiary alicyclic amines) is 1. The highest BCUT2D eigenvalue weighted by Gasteiger charge is 2.26. The first-order chi connectivity index (χ1) is 4.72. The maximum Gasteiger partial charge on any atom is 0.0824 e. The van der Waals surface area contributed by atoms with Crippen molar-refractivity contribution in [3.8, 4) is 0 Å². The highest BCUT2D eigenvalue weighted by Crippen LogP contribution is 2.09. The average Bonchev–Trinajstić information content (AvgIpc) is 1.76. The second kappa shape index (κ2) is 3.32. The van der Waals surface area contributed by atoms with Gasteiger partial charge in [0.1, 0.15) is 0 Å². The van der Waals surface area contributed by atoms with Crippen LogP contribution in [0.5, 0.6) is 0 Å². The SMILES string of the molecule is COC1CN(C[C@@H](C)N)C1. The first kappa shape index (κ1) is 7.98. The molecule has 0 spiro atoms. The zero-order chi connectivity index (χ0) is 7.56. The van der Waals surface area contributed by atoms with Crippen LogP contribution in [0.1, 0.15) is 6.92 Å². The monoisotopic (exact) mass is 144 g/mol. The molecule has 0 aromatic rings. The number of nitrogens with zero attached hydrogens (tertiary/aromatic N) is 1. The van der Waals surface area contributed by atoms with Gasteiger partial charge in [0.15, 0.2) is 0 Å². The van der Waals surface area contributed by atoms with E-state index in [1.807, 2.05) is 6.92 Å². The quantitative estimate of drug-likeness (QED) is 0.589. The van der Waals surface area contributed by atoms with Crippen molar-refractivity contribution in [2.45, 2.75) is 19.1 Å². The summed E-state index contributed by atoms with van der Waals surface area (Å²) in [4.78, 5) is 2.30. The number of rotatable bonds is 3. The summed E-state index contributed by atoms with van der Waals surface area (Å²) < 4.78 is 5.12. The molecule has 1 saturated heterocycles. The van der Waals surface area contributed by atoms with Crippen LogP contribution in [0.3, 0.4) is 0 Å². The van der Waals surface area contributed by atoms with Crippen LogP contribution in [0.4, 0.5) is 0 Å². The average molecular weight is 144 g/mol. The van der Waals surface area contributed by atoms with Crippen LogP contribution in [0.15, 0.2) is 0 Å². The molecule has 1 aliphatic rings. The van der Waals surface area contributed by atoms with Gasteiger partial charge in [-0.2, -0.15) is 0 Å². The van der Waals surface area contributed by atoms with E-state index in [-0.39, 0.29) is 6.04 Å². The molecule has 10 heavy (non-hydrogen) atoms. The van der Waals surface area contributed by atoms with E-state index in [2.05, 4.69) is 4.90 Å². The summed E-state index contributed by atoms with van der Waals surface area (Å²) >= 11 is 0. The Morgan fingerprint density at radius 3 is 2.70 bits per heavy atom. The van der Waals surface area contributed by atoms with Crippen LogP contribution in [-0.4, -0.2) is 43.8 Å².